The van der Waals surface area contributed by atoms with E-state index < -0.39 is 0 Å². The number of rotatable bonds is 6. The summed E-state index contributed by atoms with van der Waals surface area (Å²) in [6, 6.07) is 94.7. The van der Waals surface area contributed by atoms with Gasteiger partial charge in [-0.3, -0.25) is 0 Å². The van der Waals surface area contributed by atoms with Crippen LogP contribution in [0.4, 0.5) is 0 Å². The van der Waals surface area contributed by atoms with Gasteiger partial charge in [-0.1, -0.05) is 194 Å². The maximum absolute atomic E-state index is 2.42. The largest absolute Gasteiger partial charge is 0.0616 e. The smallest absolute Gasteiger partial charge is 0.00259 e. The van der Waals surface area contributed by atoms with E-state index in [-0.39, 0.29) is 0 Å². The summed E-state index contributed by atoms with van der Waals surface area (Å²) in [7, 11) is 0. The SMILES string of the molecule is c1ccc2cc(-c3cc(-c4ccc5ccccc5c4)cc(-c4c5ccccc5c(-c5cc(-c6ccc7ccccc7c6)cc(-c6ccc7ccccc7c6)c5)c5ccccc45)c3)ccc2c1. The average molecular weight is 835 g/mol. The molecule has 0 aromatic heterocycles. The predicted molar refractivity (Wildman–Crippen MR) is 284 cm³/mol. The van der Waals surface area contributed by atoms with Crippen molar-refractivity contribution in [2.24, 2.45) is 0 Å². The molecular weight excluding hydrogens is 793 g/mol. The first-order valence-corrected chi connectivity index (χ1v) is 22.9. The molecule has 0 aliphatic carbocycles. The zero-order chi connectivity index (χ0) is 43.6. The predicted octanol–water partition coefficient (Wildman–Crippen LogP) is 18.6. The van der Waals surface area contributed by atoms with Crippen LogP contribution in [0.5, 0.6) is 0 Å². The molecular formula is C66H42. The lowest BCUT2D eigenvalue weighted by Gasteiger charge is -2.20. The Kier molecular flexibility index (Phi) is 8.96. The molecule has 0 saturated carbocycles. The first-order chi connectivity index (χ1) is 32.7. The molecule has 306 valence electrons. The molecule has 0 aliphatic rings. The van der Waals surface area contributed by atoms with Crippen LogP contribution in [0, 0.1) is 0 Å². The standard InChI is InChI=1S/C66H42/c1-5-17-47-33-51(29-25-43(47)13-1)55-37-56(52-30-26-44-14-2-6-18-48(44)34-52)40-59(39-55)65-61-21-9-11-23-63(61)66(64-24-12-10-22-62(64)65)60-41-57(53-31-27-45-15-3-7-19-49(45)35-53)38-58(42-60)54-32-28-46-16-4-8-20-50(46)36-54/h1-42H. The van der Waals surface area contributed by atoms with E-state index in [1.165, 1.54) is 131 Å². The summed E-state index contributed by atoms with van der Waals surface area (Å²) < 4.78 is 0. The highest BCUT2D eigenvalue weighted by molar-refractivity contribution is 6.22. The molecule has 0 saturated heterocycles. The molecule has 0 amide bonds. The molecule has 0 nitrogen and oxygen atoms in total. The van der Waals surface area contributed by atoms with Gasteiger partial charge in [-0.05, 0) is 192 Å². The summed E-state index contributed by atoms with van der Waals surface area (Å²) in [5.41, 5.74) is 14.5. The Morgan fingerprint density at radius 3 is 0.606 bits per heavy atom. The van der Waals surface area contributed by atoms with Crippen molar-refractivity contribution < 1.29 is 0 Å². The van der Waals surface area contributed by atoms with E-state index in [2.05, 4.69) is 255 Å². The van der Waals surface area contributed by atoms with E-state index in [9.17, 15) is 0 Å². The summed E-state index contributed by atoms with van der Waals surface area (Å²) in [6.07, 6.45) is 0. The molecule has 13 aromatic rings. The van der Waals surface area contributed by atoms with Gasteiger partial charge in [0.25, 0.3) is 0 Å². The van der Waals surface area contributed by atoms with Crippen molar-refractivity contribution in [3.63, 3.8) is 0 Å². The minimum absolute atomic E-state index is 1.20. The average Bonchev–Trinajstić information content (AvgIpc) is 3.39. The van der Waals surface area contributed by atoms with Crippen molar-refractivity contribution in [1.29, 1.82) is 0 Å². The van der Waals surface area contributed by atoms with E-state index in [1.807, 2.05) is 0 Å². The van der Waals surface area contributed by atoms with Gasteiger partial charge in [-0.2, -0.15) is 0 Å². The zero-order valence-corrected chi connectivity index (χ0v) is 36.2. The number of hydrogen-bond acceptors (Lipinski definition) is 0. The van der Waals surface area contributed by atoms with E-state index in [1.54, 1.807) is 0 Å². The third-order valence-corrected chi connectivity index (χ3v) is 13.7. The molecule has 0 spiro atoms. The number of fused-ring (bicyclic) bond motifs is 6. The van der Waals surface area contributed by atoms with Crippen LogP contribution < -0.4 is 0 Å². The lowest BCUT2D eigenvalue weighted by Crippen LogP contribution is -1.93. The second-order valence-corrected chi connectivity index (χ2v) is 17.7. The number of benzene rings is 13. The Morgan fingerprint density at radius 2 is 0.348 bits per heavy atom. The second kappa shape index (κ2) is 15.6. The van der Waals surface area contributed by atoms with Crippen molar-refractivity contribution >= 4 is 64.6 Å². The normalized spacial score (nSPS) is 11.6. The summed E-state index contributed by atoms with van der Waals surface area (Å²) in [5.74, 6) is 0. The van der Waals surface area contributed by atoms with E-state index in [0.29, 0.717) is 0 Å². The van der Waals surface area contributed by atoms with Crippen LogP contribution in [0.2, 0.25) is 0 Å². The van der Waals surface area contributed by atoms with E-state index in [0.717, 1.165) is 0 Å². The maximum Gasteiger partial charge on any atom is -0.00259 e. The van der Waals surface area contributed by atoms with Crippen LogP contribution in [0.1, 0.15) is 0 Å². The van der Waals surface area contributed by atoms with Gasteiger partial charge in [0, 0.05) is 0 Å². The van der Waals surface area contributed by atoms with Crippen molar-refractivity contribution in [2.45, 2.75) is 0 Å². The van der Waals surface area contributed by atoms with Crippen molar-refractivity contribution in [1.82, 2.24) is 0 Å². The van der Waals surface area contributed by atoms with Gasteiger partial charge < -0.3 is 0 Å². The van der Waals surface area contributed by atoms with Crippen molar-refractivity contribution in [2.75, 3.05) is 0 Å². The van der Waals surface area contributed by atoms with Gasteiger partial charge in [-0.25, -0.2) is 0 Å². The van der Waals surface area contributed by atoms with Crippen LogP contribution in [0.25, 0.3) is 131 Å². The third kappa shape index (κ3) is 6.62. The topological polar surface area (TPSA) is 0 Å². The van der Waals surface area contributed by atoms with Crippen molar-refractivity contribution in [3.8, 4) is 66.8 Å². The molecule has 0 N–H and O–H groups in total. The quantitative estimate of drug-likeness (QED) is 0.146. The Morgan fingerprint density at radius 1 is 0.136 bits per heavy atom. The van der Waals surface area contributed by atoms with E-state index in [4.69, 9.17) is 0 Å². The molecule has 0 heterocycles. The second-order valence-electron chi connectivity index (χ2n) is 17.7. The molecule has 0 heteroatoms. The molecule has 0 aliphatic heterocycles. The summed E-state index contributed by atoms with van der Waals surface area (Å²) in [5, 5.41) is 14.9. The molecule has 0 radical (unpaired) electrons. The van der Waals surface area contributed by atoms with Gasteiger partial charge in [0.15, 0.2) is 0 Å². The summed E-state index contributed by atoms with van der Waals surface area (Å²) in [6.45, 7) is 0. The molecule has 0 unspecified atom stereocenters. The third-order valence-electron chi connectivity index (χ3n) is 13.7. The summed E-state index contributed by atoms with van der Waals surface area (Å²) >= 11 is 0. The van der Waals surface area contributed by atoms with Gasteiger partial charge in [0.05, 0.1) is 0 Å². The highest BCUT2D eigenvalue weighted by Gasteiger charge is 2.20. The minimum Gasteiger partial charge on any atom is -0.0616 e. The number of hydrogen-bond donors (Lipinski definition) is 0. The van der Waals surface area contributed by atoms with Crippen LogP contribution in [0.15, 0.2) is 255 Å². The van der Waals surface area contributed by atoms with Crippen LogP contribution in [-0.4, -0.2) is 0 Å². The van der Waals surface area contributed by atoms with Crippen molar-refractivity contribution in [3.05, 3.63) is 255 Å². The molecule has 0 bridgehead atoms. The lowest BCUT2D eigenvalue weighted by atomic mass is 9.83. The Bertz CT molecular complexity index is 3540. The Hall–Kier alpha value is -8.58. The fourth-order valence-corrected chi connectivity index (χ4v) is 10.4. The lowest BCUT2D eigenvalue weighted by molar-refractivity contribution is 1.59. The minimum atomic E-state index is 1.20. The fraction of sp³-hybridized carbons (Fsp3) is 0. The fourth-order valence-electron chi connectivity index (χ4n) is 10.4. The monoisotopic (exact) mass is 834 g/mol. The summed E-state index contributed by atoms with van der Waals surface area (Å²) in [4.78, 5) is 0. The first kappa shape index (κ1) is 37.9. The van der Waals surface area contributed by atoms with Crippen LogP contribution in [0.3, 0.4) is 0 Å². The molecule has 0 atom stereocenters. The molecule has 13 aromatic carbocycles. The van der Waals surface area contributed by atoms with Crippen LogP contribution in [-0.2, 0) is 0 Å². The maximum atomic E-state index is 2.42. The highest BCUT2D eigenvalue weighted by Crippen LogP contribution is 2.47. The van der Waals surface area contributed by atoms with Gasteiger partial charge in [0.2, 0.25) is 0 Å². The Labute approximate surface area is 384 Å². The molecule has 66 heavy (non-hydrogen) atoms. The van der Waals surface area contributed by atoms with Gasteiger partial charge in [0.1, 0.15) is 0 Å². The highest BCUT2D eigenvalue weighted by atomic mass is 14.2. The van der Waals surface area contributed by atoms with E-state index >= 15 is 0 Å². The molecule has 13 rings (SSSR count). The zero-order valence-electron chi connectivity index (χ0n) is 36.2. The van der Waals surface area contributed by atoms with Crippen LogP contribution >= 0.6 is 0 Å². The Balaban J connectivity index is 1.07. The molecule has 0 fully saturated rings. The van der Waals surface area contributed by atoms with Gasteiger partial charge >= 0.3 is 0 Å². The van der Waals surface area contributed by atoms with Gasteiger partial charge in [-0.15, -0.1) is 0 Å². The first-order valence-electron chi connectivity index (χ1n) is 22.9.